The Kier molecular flexibility index (Phi) is 5.24. The fraction of sp³-hybridized carbons (Fsp3) is 0.524. The summed E-state index contributed by atoms with van der Waals surface area (Å²) in [5.74, 6) is 1.31. The molecule has 0 atom stereocenters. The highest BCUT2D eigenvalue weighted by Crippen LogP contribution is 2.38. The van der Waals surface area contributed by atoms with Gasteiger partial charge in [-0.15, -0.1) is 0 Å². The van der Waals surface area contributed by atoms with Gasteiger partial charge in [-0.1, -0.05) is 13.8 Å². The van der Waals surface area contributed by atoms with Crippen LogP contribution in [0, 0.1) is 28.6 Å². The maximum Gasteiger partial charge on any atom is 0.139 e. The summed E-state index contributed by atoms with van der Waals surface area (Å²) in [5.41, 5.74) is 2.65. The number of H-pyrrole nitrogens is 1. The lowest BCUT2D eigenvalue weighted by molar-refractivity contribution is -0.0317. The molecule has 8 heteroatoms. The normalized spacial score (nSPS) is 19.7. The summed E-state index contributed by atoms with van der Waals surface area (Å²) < 4.78 is 2.24. The Morgan fingerprint density at radius 3 is 2.86 bits per heavy atom. The third kappa shape index (κ3) is 3.58. The first-order valence-electron chi connectivity index (χ1n) is 10.2. The van der Waals surface area contributed by atoms with Crippen LogP contribution in [0.4, 0.5) is 0 Å². The number of pyridine rings is 1. The van der Waals surface area contributed by atoms with Gasteiger partial charge in [-0.05, 0) is 37.7 Å². The fourth-order valence-electron chi connectivity index (χ4n) is 4.40. The minimum absolute atomic E-state index is 0.0719. The lowest BCUT2D eigenvalue weighted by Crippen LogP contribution is -2.32. The number of imidazole rings is 1. The predicted octanol–water partition coefficient (Wildman–Crippen LogP) is 4.38. The van der Waals surface area contributed by atoms with Crippen LogP contribution < -0.4 is 0 Å². The van der Waals surface area contributed by atoms with E-state index in [9.17, 15) is 5.21 Å². The smallest absolute Gasteiger partial charge is 0.139 e. The predicted molar refractivity (Wildman–Crippen MR) is 111 cm³/mol. The van der Waals surface area contributed by atoms with E-state index in [1.807, 2.05) is 26.1 Å². The first kappa shape index (κ1) is 19.4. The Balaban J connectivity index is 1.76. The molecule has 1 aliphatic carbocycles. The topological polar surface area (TPSA) is 118 Å². The summed E-state index contributed by atoms with van der Waals surface area (Å²) in [4.78, 5) is 12.4. The summed E-state index contributed by atoms with van der Waals surface area (Å²) in [6.45, 7) is 3.94. The number of fused-ring (bicyclic) bond motifs is 3. The van der Waals surface area contributed by atoms with Crippen molar-refractivity contribution in [3.05, 3.63) is 24.3 Å². The van der Waals surface area contributed by atoms with Gasteiger partial charge in [0.05, 0.1) is 17.8 Å². The molecule has 0 saturated heterocycles. The van der Waals surface area contributed by atoms with Crippen molar-refractivity contribution in [2.75, 3.05) is 0 Å². The summed E-state index contributed by atoms with van der Waals surface area (Å²) in [5, 5.41) is 29.6. The molecule has 0 bridgehead atoms. The van der Waals surface area contributed by atoms with Gasteiger partial charge in [0.1, 0.15) is 29.4 Å². The molecule has 3 N–H and O–H groups in total. The molecule has 0 radical (unpaired) electrons. The summed E-state index contributed by atoms with van der Waals surface area (Å²) in [7, 11) is 0. The van der Waals surface area contributed by atoms with Gasteiger partial charge in [-0.25, -0.2) is 15.0 Å². The quantitative estimate of drug-likeness (QED) is 0.338. The van der Waals surface area contributed by atoms with Gasteiger partial charge in [-0.3, -0.25) is 10.6 Å². The number of amidine groups is 1. The maximum absolute atomic E-state index is 10.5. The van der Waals surface area contributed by atoms with Gasteiger partial charge >= 0.3 is 0 Å². The molecule has 3 heterocycles. The molecule has 0 aromatic carbocycles. The summed E-state index contributed by atoms with van der Waals surface area (Å²) in [6, 6.07) is 4.57. The molecular formula is C21H27N7O. The van der Waals surface area contributed by atoms with E-state index in [0.717, 1.165) is 58.6 Å². The van der Waals surface area contributed by atoms with Crippen molar-refractivity contribution in [1.29, 1.82) is 10.7 Å². The highest BCUT2D eigenvalue weighted by atomic mass is 16.5. The van der Waals surface area contributed by atoms with Crippen LogP contribution >= 0.6 is 0 Å². The van der Waals surface area contributed by atoms with Crippen molar-refractivity contribution in [3.63, 3.8) is 0 Å². The monoisotopic (exact) mass is 393 g/mol. The maximum atomic E-state index is 10.5. The van der Waals surface area contributed by atoms with E-state index in [4.69, 9.17) is 15.7 Å². The van der Waals surface area contributed by atoms with Crippen molar-refractivity contribution in [2.24, 2.45) is 11.8 Å². The van der Waals surface area contributed by atoms with Crippen molar-refractivity contribution in [2.45, 2.75) is 58.5 Å². The highest BCUT2D eigenvalue weighted by Gasteiger charge is 2.28. The Bertz CT molecular complexity index is 1070. The number of rotatable bonds is 5. The minimum atomic E-state index is -0.0719. The number of hydrogen-bond acceptors (Lipinski definition) is 5. The Labute approximate surface area is 169 Å². The number of hydroxylamine groups is 2. The van der Waals surface area contributed by atoms with E-state index >= 15 is 0 Å². The average molecular weight is 393 g/mol. The molecule has 1 saturated carbocycles. The van der Waals surface area contributed by atoms with Gasteiger partial charge in [0.2, 0.25) is 0 Å². The lowest BCUT2D eigenvalue weighted by atomic mass is 9.84. The Hall–Kier alpha value is -2.92. The second-order valence-corrected chi connectivity index (χ2v) is 8.26. The second kappa shape index (κ2) is 7.84. The minimum Gasteiger partial charge on any atom is -0.346 e. The van der Waals surface area contributed by atoms with Crippen molar-refractivity contribution >= 4 is 27.9 Å². The molecule has 0 unspecified atom stereocenters. The fourth-order valence-corrected chi connectivity index (χ4v) is 4.40. The molecular weight excluding hydrogens is 366 g/mol. The number of aromatic amines is 1. The van der Waals surface area contributed by atoms with E-state index in [1.54, 1.807) is 6.20 Å². The second-order valence-electron chi connectivity index (χ2n) is 8.26. The van der Waals surface area contributed by atoms with Crippen LogP contribution in [-0.4, -0.2) is 35.6 Å². The molecule has 152 valence electrons. The number of nitrogens with one attached hydrogen (secondary N) is 2. The van der Waals surface area contributed by atoms with Gasteiger partial charge in [0.25, 0.3) is 0 Å². The Morgan fingerprint density at radius 1 is 1.41 bits per heavy atom. The molecule has 1 fully saturated rings. The summed E-state index contributed by atoms with van der Waals surface area (Å²) in [6.07, 6.45) is 8.26. The van der Waals surface area contributed by atoms with E-state index < -0.39 is 0 Å². The zero-order valence-electron chi connectivity index (χ0n) is 16.9. The molecule has 4 rings (SSSR count). The third-order valence-electron chi connectivity index (χ3n) is 5.98. The molecule has 0 amide bonds. The van der Waals surface area contributed by atoms with Crippen molar-refractivity contribution in [3.8, 4) is 6.07 Å². The zero-order valence-corrected chi connectivity index (χ0v) is 16.9. The van der Waals surface area contributed by atoms with Crippen LogP contribution in [0.1, 0.15) is 57.8 Å². The van der Waals surface area contributed by atoms with Gasteiger partial charge in [0.15, 0.2) is 0 Å². The van der Waals surface area contributed by atoms with Crippen LogP contribution in [-0.2, 0) is 6.54 Å². The standard InChI is InChI=1S/C21H27N7O/c1-13(2)20(23)27(29)12-18-26-17-11-25-21-16(8-10-24-21)19(17)28(18)15-5-3-14(4-6-15)7-9-22/h8,10-11,13-15,23,29H,3-7,12H2,1-2H3,(H,24,25). The summed E-state index contributed by atoms with van der Waals surface area (Å²) >= 11 is 0. The number of aromatic nitrogens is 4. The lowest BCUT2D eigenvalue weighted by Gasteiger charge is -2.30. The zero-order chi connectivity index (χ0) is 20.5. The number of nitriles is 1. The SMILES string of the molecule is CC(C)C(=N)N(O)Cc1nc2cnc3[nH]ccc3c2n1C1CCC(CC#N)CC1. The molecule has 3 aromatic heterocycles. The van der Waals surface area contributed by atoms with E-state index in [-0.39, 0.29) is 24.3 Å². The highest BCUT2D eigenvalue weighted by molar-refractivity contribution is 6.01. The van der Waals surface area contributed by atoms with Crippen molar-refractivity contribution in [1.82, 2.24) is 24.6 Å². The van der Waals surface area contributed by atoms with Gasteiger partial charge in [0, 0.05) is 30.0 Å². The first-order valence-corrected chi connectivity index (χ1v) is 10.2. The van der Waals surface area contributed by atoms with Gasteiger partial charge in [-0.2, -0.15) is 5.26 Å². The van der Waals surface area contributed by atoms with Crippen LogP contribution in [0.25, 0.3) is 22.1 Å². The van der Waals surface area contributed by atoms with Crippen LogP contribution in [0.3, 0.4) is 0 Å². The van der Waals surface area contributed by atoms with Crippen LogP contribution in [0.15, 0.2) is 18.5 Å². The number of nitrogens with zero attached hydrogens (tertiary/aromatic N) is 5. The van der Waals surface area contributed by atoms with E-state index in [1.165, 1.54) is 0 Å². The molecule has 8 nitrogen and oxygen atoms in total. The molecule has 0 spiro atoms. The molecule has 3 aromatic rings. The average Bonchev–Trinajstić information content (AvgIpc) is 3.32. The third-order valence-corrected chi connectivity index (χ3v) is 5.98. The van der Waals surface area contributed by atoms with Crippen LogP contribution in [0.5, 0.6) is 0 Å². The molecule has 0 aliphatic heterocycles. The molecule has 1 aliphatic rings. The Morgan fingerprint density at radius 2 is 2.17 bits per heavy atom. The number of hydrogen-bond donors (Lipinski definition) is 3. The van der Waals surface area contributed by atoms with Crippen LogP contribution in [0.2, 0.25) is 0 Å². The van der Waals surface area contributed by atoms with E-state index in [0.29, 0.717) is 12.3 Å². The van der Waals surface area contributed by atoms with Crippen molar-refractivity contribution < 1.29 is 5.21 Å². The van der Waals surface area contributed by atoms with Gasteiger partial charge < -0.3 is 9.55 Å². The van der Waals surface area contributed by atoms with E-state index in [2.05, 4.69) is 20.6 Å². The molecule has 29 heavy (non-hydrogen) atoms. The first-order chi connectivity index (χ1) is 14.0. The largest absolute Gasteiger partial charge is 0.346 e.